The van der Waals surface area contributed by atoms with E-state index in [2.05, 4.69) is 10.4 Å². The molecule has 0 spiro atoms. The average Bonchev–Trinajstić information content (AvgIpc) is 3.17. The lowest BCUT2D eigenvalue weighted by molar-refractivity contribution is 0.1000. The molecule has 0 aliphatic carbocycles. The fourth-order valence-corrected chi connectivity index (χ4v) is 5.16. The molecule has 39 heavy (non-hydrogen) atoms. The Morgan fingerprint density at radius 3 is 2.38 bits per heavy atom. The van der Waals surface area contributed by atoms with Crippen LogP contribution in [0.1, 0.15) is 27.3 Å². The van der Waals surface area contributed by atoms with Gasteiger partial charge in [0.15, 0.2) is 0 Å². The largest absolute Gasteiger partial charge is 0.366 e. The van der Waals surface area contributed by atoms with Crippen LogP contribution in [0.3, 0.4) is 0 Å². The van der Waals surface area contributed by atoms with Crippen molar-refractivity contribution in [1.82, 2.24) is 19.8 Å². The predicted molar refractivity (Wildman–Crippen MR) is 141 cm³/mol. The summed E-state index contributed by atoms with van der Waals surface area (Å²) >= 11 is 0. The predicted octanol–water partition coefficient (Wildman–Crippen LogP) is 3.76. The summed E-state index contributed by atoms with van der Waals surface area (Å²) in [5.41, 5.74) is 10.9. The summed E-state index contributed by atoms with van der Waals surface area (Å²) < 4.78 is 54.7. The maximum absolute atomic E-state index is 13.8. The number of hydrogen-bond acceptors (Lipinski definition) is 5. The summed E-state index contributed by atoms with van der Waals surface area (Å²) in [7, 11) is -4.51. The third-order valence-electron chi connectivity index (χ3n) is 6.02. The highest BCUT2D eigenvalue weighted by Crippen LogP contribution is 2.29. The topological polar surface area (TPSA) is 136 Å². The minimum Gasteiger partial charge on any atom is -0.366 e. The van der Waals surface area contributed by atoms with E-state index < -0.39 is 38.5 Å². The van der Waals surface area contributed by atoms with E-state index in [-0.39, 0.29) is 6.54 Å². The second kappa shape index (κ2) is 11.0. The molecule has 0 radical (unpaired) electrons. The molecule has 12 heteroatoms. The summed E-state index contributed by atoms with van der Waals surface area (Å²) in [5.74, 6) is -2.75. The van der Waals surface area contributed by atoms with Crippen LogP contribution in [0, 0.1) is 25.5 Å². The molecule has 202 valence electrons. The van der Waals surface area contributed by atoms with E-state index in [0.717, 1.165) is 45.9 Å². The maximum atomic E-state index is 13.8. The van der Waals surface area contributed by atoms with Crippen LogP contribution in [0.25, 0.3) is 16.8 Å². The molecule has 0 aliphatic rings. The fraction of sp³-hybridized carbons (Fsp3) is 0.148. The Morgan fingerprint density at radius 2 is 1.72 bits per heavy atom. The molecule has 3 amide bonds. The number of nitrogens with two attached hydrogens (primary N) is 1. The SMILES string of the molecule is Cc1nn(-c2ccc(CCNC(=O)NS(=O)(=O)c3ccc(F)cc3F)cc2)c(C)c1-c1cccc(C(N)=O)c1. The Balaban J connectivity index is 1.39. The van der Waals surface area contributed by atoms with E-state index in [1.807, 2.05) is 44.2 Å². The van der Waals surface area contributed by atoms with Crippen LogP contribution in [0.2, 0.25) is 0 Å². The molecular formula is C27H25F2N5O4S. The van der Waals surface area contributed by atoms with Gasteiger partial charge in [0.05, 0.1) is 11.4 Å². The number of hydrogen-bond donors (Lipinski definition) is 3. The van der Waals surface area contributed by atoms with Crippen LogP contribution in [0.5, 0.6) is 0 Å². The quantitative estimate of drug-likeness (QED) is 0.305. The minimum atomic E-state index is -4.51. The number of aryl methyl sites for hydroxylation is 1. The standard InChI is InChI=1S/C27H25F2N5O4S/c1-16-25(19-4-3-5-20(14-19)26(30)35)17(2)34(32-16)22-9-6-18(7-10-22)12-13-31-27(36)33-39(37,38)24-11-8-21(28)15-23(24)29/h3-11,14-15H,12-13H2,1-2H3,(H2,30,35)(H2,31,33,36). The number of urea groups is 1. The van der Waals surface area contributed by atoms with Gasteiger partial charge in [-0.2, -0.15) is 5.10 Å². The van der Waals surface area contributed by atoms with Gasteiger partial charge >= 0.3 is 6.03 Å². The van der Waals surface area contributed by atoms with Crippen LogP contribution in [-0.2, 0) is 16.4 Å². The summed E-state index contributed by atoms with van der Waals surface area (Å²) in [4.78, 5) is 22.8. The van der Waals surface area contributed by atoms with Gasteiger partial charge in [0, 0.05) is 29.4 Å². The molecule has 0 atom stereocenters. The summed E-state index contributed by atoms with van der Waals surface area (Å²) in [6.07, 6.45) is 0.390. The molecule has 3 aromatic carbocycles. The first-order valence-electron chi connectivity index (χ1n) is 11.8. The molecular weight excluding hydrogens is 528 g/mol. The second-order valence-electron chi connectivity index (χ2n) is 8.76. The highest BCUT2D eigenvalue weighted by molar-refractivity contribution is 7.90. The number of halogens is 2. The van der Waals surface area contributed by atoms with Crippen molar-refractivity contribution in [2.24, 2.45) is 5.73 Å². The Bertz CT molecular complexity index is 1670. The Kier molecular flexibility index (Phi) is 7.77. The van der Waals surface area contributed by atoms with Crippen LogP contribution >= 0.6 is 0 Å². The number of carbonyl (C=O) groups excluding carboxylic acids is 2. The van der Waals surface area contributed by atoms with E-state index in [9.17, 15) is 26.8 Å². The molecule has 4 aromatic rings. The Morgan fingerprint density at radius 1 is 1.00 bits per heavy atom. The summed E-state index contributed by atoms with van der Waals surface area (Å²) in [6.45, 7) is 3.91. The molecule has 0 saturated carbocycles. The lowest BCUT2D eigenvalue weighted by atomic mass is 10.0. The number of amides is 3. The third-order valence-corrected chi connectivity index (χ3v) is 7.38. The number of rotatable bonds is 8. The monoisotopic (exact) mass is 553 g/mol. The van der Waals surface area contributed by atoms with Crippen LogP contribution < -0.4 is 15.8 Å². The number of aromatic nitrogens is 2. The van der Waals surface area contributed by atoms with Crippen LogP contribution in [0.15, 0.2) is 71.6 Å². The Hall–Kier alpha value is -4.58. The van der Waals surface area contributed by atoms with Gasteiger partial charge in [-0.25, -0.2) is 31.4 Å². The van der Waals surface area contributed by atoms with Crippen molar-refractivity contribution in [3.8, 4) is 16.8 Å². The highest BCUT2D eigenvalue weighted by atomic mass is 32.2. The number of carbonyl (C=O) groups is 2. The number of sulfonamides is 1. The van der Waals surface area contributed by atoms with Gasteiger partial charge in [0.25, 0.3) is 10.0 Å². The van der Waals surface area contributed by atoms with Crippen molar-refractivity contribution in [2.45, 2.75) is 25.2 Å². The molecule has 0 saturated heterocycles. The first-order chi connectivity index (χ1) is 18.5. The summed E-state index contributed by atoms with van der Waals surface area (Å²) in [6, 6.07) is 15.4. The lowest BCUT2D eigenvalue weighted by Gasteiger charge is -2.10. The van der Waals surface area contributed by atoms with Gasteiger partial charge in [0.1, 0.15) is 16.5 Å². The van der Waals surface area contributed by atoms with E-state index in [0.29, 0.717) is 18.1 Å². The zero-order valence-corrected chi connectivity index (χ0v) is 21.9. The fourth-order valence-electron chi connectivity index (χ4n) is 4.17. The van der Waals surface area contributed by atoms with Gasteiger partial charge in [-0.15, -0.1) is 0 Å². The van der Waals surface area contributed by atoms with E-state index in [1.165, 1.54) is 0 Å². The second-order valence-corrected chi connectivity index (χ2v) is 10.4. The van der Waals surface area contributed by atoms with Gasteiger partial charge in [-0.3, -0.25) is 4.79 Å². The van der Waals surface area contributed by atoms with Crippen molar-refractivity contribution < 1.29 is 26.8 Å². The third kappa shape index (κ3) is 6.12. The first kappa shape index (κ1) is 27.5. The molecule has 4 rings (SSSR count). The van der Waals surface area contributed by atoms with Crippen molar-refractivity contribution in [3.05, 3.63) is 101 Å². The van der Waals surface area contributed by atoms with Crippen molar-refractivity contribution >= 4 is 22.0 Å². The van der Waals surface area contributed by atoms with Crippen molar-refractivity contribution in [3.63, 3.8) is 0 Å². The van der Waals surface area contributed by atoms with Gasteiger partial charge in [-0.1, -0.05) is 24.3 Å². The normalized spacial score (nSPS) is 11.3. The molecule has 4 N–H and O–H groups in total. The van der Waals surface area contributed by atoms with Crippen molar-refractivity contribution in [2.75, 3.05) is 6.54 Å². The molecule has 0 fully saturated rings. The average molecular weight is 554 g/mol. The zero-order chi connectivity index (χ0) is 28.3. The maximum Gasteiger partial charge on any atom is 0.328 e. The van der Waals surface area contributed by atoms with Gasteiger partial charge in [-0.05, 0) is 67.8 Å². The van der Waals surface area contributed by atoms with Crippen LogP contribution in [-0.4, -0.2) is 36.7 Å². The molecule has 0 aliphatic heterocycles. The highest BCUT2D eigenvalue weighted by Gasteiger charge is 2.22. The number of primary amides is 1. The van der Waals surface area contributed by atoms with E-state index in [4.69, 9.17) is 5.73 Å². The van der Waals surface area contributed by atoms with E-state index >= 15 is 0 Å². The van der Waals surface area contributed by atoms with Gasteiger partial charge < -0.3 is 11.1 Å². The molecule has 0 unspecified atom stereocenters. The van der Waals surface area contributed by atoms with E-state index in [1.54, 1.807) is 27.6 Å². The summed E-state index contributed by atoms with van der Waals surface area (Å²) in [5, 5.41) is 7.06. The Labute approximate surface area is 223 Å². The number of nitrogens with one attached hydrogen (secondary N) is 2. The molecule has 9 nitrogen and oxygen atoms in total. The molecule has 1 aromatic heterocycles. The van der Waals surface area contributed by atoms with Crippen LogP contribution in [0.4, 0.5) is 13.6 Å². The number of benzene rings is 3. The van der Waals surface area contributed by atoms with Crippen molar-refractivity contribution in [1.29, 1.82) is 0 Å². The molecule has 1 heterocycles. The number of nitrogens with zero attached hydrogens (tertiary/aromatic N) is 2. The smallest absolute Gasteiger partial charge is 0.328 e. The first-order valence-corrected chi connectivity index (χ1v) is 13.3. The lowest BCUT2D eigenvalue weighted by Crippen LogP contribution is -2.40. The zero-order valence-electron chi connectivity index (χ0n) is 21.0. The van der Waals surface area contributed by atoms with Gasteiger partial charge in [0.2, 0.25) is 5.91 Å². The minimum absolute atomic E-state index is 0.104. The molecule has 0 bridgehead atoms.